The Bertz CT molecular complexity index is 861. The lowest BCUT2D eigenvalue weighted by molar-refractivity contribution is 0.325. The van der Waals surface area contributed by atoms with Gasteiger partial charge in [0.15, 0.2) is 0 Å². The summed E-state index contributed by atoms with van der Waals surface area (Å²) in [4.78, 5) is 4.36. The Morgan fingerprint density at radius 3 is 2.72 bits per heavy atom. The SMILES string of the molecule is CCOc1ccccc1[C@@H]1C[C@@H](c2ccccc2)Nc2nc(N)nn21. The van der Waals surface area contributed by atoms with Gasteiger partial charge in [0.1, 0.15) is 5.75 Å². The fourth-order valence-corrected chi connectivity index (χ4v) is 3.40. The van der Waals surface area contributed by atoms with Gasteiger partial charge in [-0.2, -0.15) is 4.98 Å². The lowest BCUT2D eigenvalue weighted by Crippen LogP contribution is -2.28. The molecule has 3 N–H and O–H groups in total. The number of aromatic nitrogens is 3. The van der Waals surface area contributed by atoms with Gasteiger partial charge in [-0.05, 0) is 25.0 Å². The van der Waals surface area contributed by atoms with Crippen LogP contribution in [0.2, 0.25) is 0 Å². The first-order valence-electron chi connectivity index (χ1n) is 8.51. The van der Waals surface area contributed by atoms with E-state index in [9.17, 15) is 0 Å². The molecule has 0 unspecified atom stereocenters. The van der Waals surface area contributed by atoms with Gasteiger partial charge in [-0.1, -0.05) is 48.5 Å². The molecule has 6 nitrogen and oxygen atoms in total. The van der Waals surface area contributed by atoms with Gasteiger partial charge >= 0.3 is 0 Å². The highest BCUT2D eigenvalue weighted by Crippen LogP contribution is 2.40. The molecule has 1 aliphatic rings. The van der Waals surface area contributed by atoms with Crippen LogP contribution in [0.1, 0.15) is 36.6 Å². The number of nitrogens with one attached hydrogen (secondary N) is 1. The van der Waals surface area contributed by atoms with Crippen molar-refractivity contribution >= 4 is 11.9 Å². The van der Waals surface area contributed by atoms with Crippen LogP contribution in [0.4, 0.5) is 11.9 Å². The summed E-state index contributed by atoms with van der Waals surface area (Å²) in [5.41, 5.74) is 8.18. The zero-order chi connectivity index (χ0) is 17.2. The first kappa shape index (κ1) is 15.5. The molecule has 0 spiro atoms. The molecule has 3 aromatic rings. The predicted molar refractivity (Wildman–Crippen MR) is 97.6 cm³/mol. The molecule has 0 bridgehead atoms. The molecule has 0 saturated heterocycles. The maximum Gasteiger partial charge on any atom is 0.241 e. The van der Waals surface area contributed by atoms with Crippen LogP contribution in [-0.2, 0) is 0 Å². The van der Waals surface area contributed by atoms with E-state index < -0.39 is 0 Å². The maximum atomic E-state index is 5.87. The third-order valence-electron chi connectivity index (χ3n) is 4.48. The Hall–Kier alpha value is -3.02. The van der Waals surface area contributed by atoms with Crippen LogP contribution >= 0.6 is 0 Å². The highest BCUT2D eigenvalue weighted by atomic mass is 16.5. The highest BCUT2D eigenvalue weighted by molar-refractivity contribution is 5.44. The first-order valence-corrected chi connectivity index (χ1v) is 8.51. The van der Waals surface area contributed by atoms with Crippen molar-refractivity contribution in [2.24, 2.45) is 0 Å². The minimum atomic E-state index is 0.00834. The zero-order valence-electron chi connectivity index (χ0n) is 14.1. The number of nitrogens with zero attached hydrogens (tertiary/aromatic N) is 3. The average molecular weight is 335 g/mol. The average Bonchev–Trinajstić information content (AvgIpc) is 3.02. The second-order valence-electron chi connectivity index (χ2n) is 6.07. The summed E-state index contributed by atoms with van der Waals surface area (Å²) in [6, 6.07) is 18.6. The van der Waals surface area contributed by atoms with E-state index >= 15 is 0 Å². The second-order valence-corrected chi connectivity index (χ2v) is 6.07. The number of nitrogens with two attached hydrogens (primary N) is 1. The van der Waals surface area contributed by atoms with E-state index in [0.717, 1.165) is 17.7 Å². The van der Waals surface area contributed by atoms with Gasteiger partial charge in [-0.25, -0.2) is 4.68 Å². The van der Waals surface area contributed by atoms with E-state index in [2.05, 4.69) is 33.6 Å². The molecule has 1 aromatic heterocycles. The first-order chi connectivity index (χ1) is 12.3. The molecule has 2 aromatic carbocycles. The number of ether oxygens (including phenoxy) is 1. The molecule has 25 heavy (non-hydrogen) atoms. The third-order valence-corrected chi connectivity index (χ3v) is 4.48. The van der Waals surface area contributed by atoms with Crippen LogP contribution in [-0.4, -0.2) is 21.4 Å². The minimum Gasteiger partial charge on any atom is -0.494 e. The number of hydrogen-bond acceptors (Lipinski definition) is 5. The van der Waals surface area contributed by atoms with Crippen LogP contribution < -0.4 is 15.8 Å². The largest absolute Gasteiger partial charge is 0.494 e. The molecular formula is C19H21N5O. The van der Waals surface area contributed by atoms with Gasteiger partial charge in [-0.3, -0.25) is 0 Å². The number of rotatable bonds is 4. The van der Waals surface area contributed by atoms with Crippen molar-refractivity contribution in [3.05, 3.63) is 65.7 Å². The summed E-state index contributed by atoms with van der Waals surface area (Å²) in [5.74, 6) is 1.84. The predicted octanol–water partition coefficient (Wildman–Crippen LogP) is 3.41. The zero-order valence-corrected chi connectivity index (χ0v) is 14.1. The minimum absolute atomic E-state index is 0.00834. The molecule has 0 radical (unpaired) electrons. The van der Waals surface area contributed by atoms with Gasteiger partial charge in [0.2, 0.25) is 11.9 Å². The molecule has 4 rings (SSSR count). The molecule has 0 saturated carbocycles. The molecule has 1 aliphatic heterocycles. The monoisotopic (exact) mass is 335 g/mol. The molecule has 2 heterocycles. The van der Waals surface area contributed by atoms with Crippen LogP contribution in [0.15, 0.2) is 54.6 Å². The smallest absolute Gasteiger partial charge is 0.241 e. The highest BCUT2D eigenvalue weighted by Gasteiger charge is 2.32. The van der Waals surface area contributed by atoms with Crippen LogP contribution in [0.25, 0.3) is 0 Å². The normalized spacial score (nSPS) is 19.1. The maximum absolute atomic E-state index is 5.87. The van der Waals surface area contributed by atoms with Crippen molar-refractivity contribution in [1.82, 2.24) is 14.8 Å². The fraction of sp³-hybridized carbons (Fsp3) is 0.263. The Morgan fingerprint density at radius 1 is 1.16 bits per heavy atom. The van der Waals surface area contributed by atoms with Crippen molar-refractivity contribution in [1.29, 1.82) is 0 Å². The van der Waals surface area contributed by atoms with Gasteiger partial charge in [0.25, 0.3) is 0 Å². The topological polar surface area (TPSA) is 78.0 Å². The van der Waals surface area contributed by atoms with E-state index in [1.807, 2.05) is 48.0 Å². The van der Waals surface area contributed by atoms with Gasteiger partial charge in [-0.15, -0.1) is 5.10 Å². The van der Waals surface area contributed by atoms with Gasteiger partial charge < -0.3 is 15.8 Å². The Balaban J connectivity index is 1.78. The number of benzene rings is 2. The summed E-state index contributed by atoms with van der Waals surface area (Å²) >= 11 is 0. The second kappa shape index (κ2) is 6.47. The summed E-state index contributed by atoms with van der Waals surface area (Å²) < 4.78 is 7.71. The molecule has 0 amide bonds. The Labute approximate surface area is 146 Å². The van der Waals surface area contributed by atoms with Crippen LogP contribution in [0.3, 0.4) is 0 Å². The molecule has 6 heteroatoms. The standard InChI is InChI=1S/C19H21N5O/c1-2-25-17-11-7-6-10-14(17)16-12-15(13-8-4-3-5-9-13)21-19-22-18(20)23-24(16)19/h3-11,15-16H,2,12H2,1H3,(H3,20,21,22,23)/t15-,16-/m0/s1. The van der Waals surface area contributed by atoms with E-state index in [1.165, 1.54) is 5.56 Å². The van der Waals surface area contributed by atoms with Gasteiger partial charge in [0, 0.05) is 5.56 Å². The van der Waals surface area contributed by atoms with Crippen molar-refractivity contribution in [3.63, 3.8) is 0 Å². The number of fused-ring (bicyclic) bond motifs is 1. The van der Waals surface area contributed by atoms with E-state index in [-0.39, 0.29) is 18.0 Å². The third kappa shape index (κ3) is 2.91. The van der Waals surface area contributed by atoms with E-state index in [1.54, 1.807) is 0 Å². The summed E-state index contributed by atoms with van der Waals surface area (Å²) in [5, 5.41) is 7.86. The summed E-state index contributed by atoms with van der Waals surface area (Å²) in [7, 11) is 0. The van der Waals surface area contributed by atoms with Gasteiger partial charge in [0.05, 0.1) is 18.7 Å². The number of para-hydroxylation sites is 1. The summed E-state index contributed by atoms with van der Waals surface area (Å²) in [6.07, 6.45) is 0.837. The van der Waals surface area contributed by atoms with Crippen molar-refractivity contribution in [2.75, 3.05) is 17.7 Å². The Kier molecular flexibility index (Phi) is 4.01. The number of nitrogen functional groups attached to an aromatic ring is 1. The fourth-order valence-electron chi connectivity index (χ4n) is 3.40. The molecular weight excluding hydrogens is 314 g/mol. The van der Waals surface area contributed by atoms with E-state index in [0.29, 0.717) is 12.6 Å². The Morgan fingerprint density at radius 2 is 1.92 bits per heavy atom. The number of hydrogen-bond donors (Lipinski definition) is 2. The molecule has 0 fully saturated rings. The van der Waals surface area contributed by atoms with Crippen LogP contribution in [0.5, 0.6) is 5.75 Å². The van der Waals surface area contributed by atoms with E-state index in [4.69, 9.17) is 10.5 Å². The quantitative estimate of drug-likeness (QED) is 0.764. The van der Waals surface area contributed by atoms with Crippen LogP contribution in [0, 0.1) is 0 Å². The van der Waals surface area contributed by atoms with Crippen molar-refractivity contribution in [3.8, 4) is 5.75 Å². The van der Waals surface area contributed by atoms with Crippen molar-refractivity contribution < 1.29 is 4.74 Å². The molecule has 2 atom stereocenters. The molecule has 128 valence electrons. The number of anilines is 2. The molecule has 0 aliphatic carbocycles. The van der Waals surface area contributed by atoms with Crippen molar-refractivity contribution in [2.45, 2.75) is 25.4 Å². The summed E-state index contributed by atoms with van der Waals surface area (Å²) in [6.45, 7) is 2.61. The lowest BCUT2D eigenvalue weighted by atomic mass is 9.93. The lowest BCUT2D eigenvalue weighted by Gasteiger charge is -2.32.